The zero-order chi connectivity index (χ0) is 17.4. The van der Waals surface area contributed by atoms with Gasteiger partial charge < -0.3 is 14.4 Å². The largest absolute Gasteiger partial charge is 0.454 e. The summed E-state index contributed by atoms with van der Waals surface area (Å²) in [5, 5.41) is 0.409. The van der Waals surface area contributed by atoms with Crippen LogP contribution in [0.4, 0.5) is 0 Å². The molecule has 2 aromatic rings. The predicted molar refractivity (Wildman–Crippen MR) is 98.1 cm³/mol. The molecule has 0 unspecified atom stereocenters. The van der Waals surface area contributed by atoms with Crippen LogP contribution in [0.15, 0.2) is 24.3 Å². The predicted octanol–water partition coefficient (Wildman–Crippen LogP) is 3.74. The van der Waals surface area contributed by atoms with E-state index in [0.717, 1.165) is 24.0 Å². The van der Waals surface area contributed by atoms with E-state index < -0.39 is 0 Å². The zero-order valence-corrected chi connectivity index (χ0v) is 15.7. The lowest BCUT2D eigenvalue weighted by atomic mass is 10.1. The lowest BCUT2D eigenvalue weighted by Gasteiger charge is -2.34. The number of carbonyl (C=O) groups excluding carboxylic acids is 1. The molecule has 1 fully saturated rings. The van der Waals surface area contributed by atoms with Gasteiger partial charge >= 0.3 is 0 Å². The van der Waals surface area contributed by atoms with Crippen LogP contribution in [0.2, 0.25) is 9.36 Å². The van der Waals surface area contributed by atoms with Crippen molar-refractivity contribution in [3.8, 4) is 11.5 Å². The summed E-state index contributed by atoms with van der Waals surface area (Å²) in [5.41, 5.74) is 0.535. The first-order valence-electron chi connectivity index (χ1n) is 7.95. The molecule has 1 aromatic heterocycles. The van der Waals surface area contributed by atoms with E-state index in [4.69, 9.17) is 32.7 Å². The van der Waals surface area contributed by atoms with Gasteiger partial charge in [-0.1, -0.05) is 23.2 Å². The Bertz CT molecular complexity index is 803. The van der Waals surface area contributed by atoms with Gasteiger partial charge in [0.05, 0.1) is 9.36 Å². The Morgan fingerprint density at radius 3 is 2.64 bits per heavy atom. The lowest BCUT2D eigenvalue weighted by Crippen LogP contribution is -2.48. The molecule has 0 aliphatic carbocycles. The summed E-state index contributed by atoms with van der Waals surface area (Å²) in [7, 11) is 0. The monoisotopic (exact) mass is 398 g/mol. The van der Waals surface area contributed by atoms with E-state index in [1.54, 1.807) is 23.5 Å². The number of fused-ring (bicyclic) bond motifs is 1. The van der Waals surface area contributed by atoms with E-state index in [2.05, 4.69) is 11.0 Å². The number of amides is 1. The van der Waals surface area contributed by atoms with Gasteiger partial charge in [0.15, 0.2) is 11.5 Å². The molecule has 1 aromatic carbocycles. The Kier molecular flexibility index (Phi) is 4.78. The highest BCUT2D eigenvalue weighted by atomic mass is 35.5. The summed E-state index contributed by atoms with van der Waals surface area (Å²) in [4.78, 5) is 18.2. The van der Waals surface area contributed by atoms with Gasteiger partial charge in [0, 0.05) is 43.2 Å². The maximum Gasteiger partial charge on any atom is 0.254 e. The SMILES string of the molecule is O=C(c1cc(Cl)c2c(c1)OCO2)N1CCN(Cc2ccc(Cl)s2)CC1. The molecule has 1 amide bonds. The average molecular weight is 399 g/mol. The Balaban J connectivity index is 1.39. The minimum absolute atomic E-state index is 0.0287. The summed E-state index contributed by atoms with van der Waals surface area (Å²) in [6, 6.07) is 7.33. The fourth-order valence-electron chi connectivity index (χ4n) is 3.04. The van der Waals surface area contributed by atoms with Crippen molar-refractivity contribution in [3.63, 3.8) is 0 Å². The minimum Gasteiger partial charge on any atom is -0.454 e. The van der Waals surface area contributed by atoms with E-state index in [-0.39, 0.29) is 12.7 Å². The first-order chi connectivity index (χ1) is 12.1. The third-order valence-corrected chi connectivity index (χ3v) is 5.84. The molecule has 2 aliphatic heterocycles. The zero-order valence-electron chi connectivity index (χ0n) is 13.3. The second kappa shape index (κ2) is 7.03. The second-order valence-electron chi connectivity index (χ2n) is 5.97. The van der Waals surface area contributed by atoms with Crippen LogP contribution in [-0.2, 0) is 6.54 Å². The molecule has 0 radical (unpaired) electrons. The van der Waals surface area contributed by atoms with Crippen LogP contribution >= 0.6 is 34.5 Å². The third kappa shape index (κ3) is 3.58. The van der Waals surface area contributed by atoms with Gasteiger partial charge in [0.2, 0.25) is 6.79 Å². The molecule has 3 heterocycles. The van der Waals surface area contributed by atoms with E-state index in [1.807, 2.05) is 11.0 Å². The van der Waals surface area contributed by atoms with Crippen molar-refractivity contribution >= 4 is 40.4 Å². The van der Waals surface area contributed by atoms with Crippen LogP contribution in [0, 0.1) is 0 Å². The van der Waals surface area contributed by atoms with Gasteiger partial charge in [-0.3, -0.25) is 9.69 Å². The lowest BCUT2D eigenvalue weighted by molar-refractivity contribution is 0.0629. The molecular formula is C17H16Cl2N2O3S. The summed E-state index contributed by atoms with van der Waals surface area (Å²) < 4.78 is 11.4. The third-order valence-electron chi connectivity index (χ3n) is 4.34. The highest BCUT2D eigenvalue weighted by Gasteiger charge is 2.26. The van der Waals surface area contributed by atoms with E-state index in [1.165, 1.54) is 4.88 Å². The molecule has 0 spiro atoms. The number of piperazine rings is 1. The molecule has 8 heteroatoms. The van der Waals surface area contributed by atoms with Crippen LogP contribution in [-0.4, -0.2) is 48.7 Å². The Labute approximate surface area is 159 Å². The topological polar surface area (TPSA) is 42.0 Å². The molecule has 132 valence electrons. The van der Waals surface area contributed by atoms with Crippen molar-refractivity contribution in [2.75, 3.05) is 33.0 Å². The van der Waals surface area contributed by atoms with Gasteiger partial charge in [-0.2, -0.15) is 0 Å². The number of hydrogen-bond donors (Lipinski definition) is 0. The van der Waals surface area contributed by atoms with E-state index >= 15 is 0 Å². The van der Waals surface area contributed by atoms with E-state index in [0.29, 0.717) is 35.2 Å². The molecule has 5 nitrogen and oxygen atoms in total. The number of nitrogens with zero attached hydrogens (tertiary/aromatic N) is 2. The van der Waals surface area contributed by atoms with Gasteiger partial charge in [-0.25, -0.2) is 0 Å². The Morgan fingerprint density at radius 2 is 1.92 bits per heavy atom. The average Bonchev–Trinajstić information content (AvgIpc) is 3.24. The first-order valence-corrected chi connectivity index (χ1v) is 9.52. The fraction of sp³-hybridized carbons (Fsp3) is 0.353. The number of benzene rings is 1. The van der Waals surface area contributed by atoms with Crippen molar-refractivity contribution in [2.45, 2.75) is 6.54 Å². The molecule has 0 bridgehead atoms. The molecule has 4 rings (SSSR count). The second-order valence-corrected chi connectivity index (χ2v) is 8.17. The van der Waals surface area contributed by atoms with Crippen LogP contribution in [0.25, 0.3) is 0 Å². The quantitative estimate of drug-likeness (QED) is 0.789. The van der Waals surface area contributed by atoms with Crippen LogP contribution < -0.4 is 9.47 Å². The molecule has 2 aliphatic rings. The summed E-state index contributed by atoms with van der Waals surface area (Å²) in [5.74, 6) is 1.01. The number of carbonyl (C=O) groups is 1. The number of hydrogen-bond acceptors (Lipinski definition) is 5. The van der Waals surface area contributed by atoms with Crippen LogP contribution in [0.3, 0.4) is 0 Å². The minimum atomic E-state index is -0.0287. The normalized spacial score (nSPS) is 17.1. The molecule has 0 N–H and O–H groups in total. The highest BCUT2D eigenvalue weighted by Crippen LogP contribution is 2.40. The van der Waals surface area contributed by atoms with Crippen molar-refractivity contribution in [1.29, 1.82) is 0 Å². The van der Waals surface area contributed by atoms with Crippen molar-refractivity contribution in [3.05, 3.63) is 44.1 Å². The van der Waals surface area contributed by atoms with Crippen LogP contribution in [0.1, 0.15) is 15.2 Å². The van der Waals surface area contributed by atoms with Crippen LogP contribution in [0.5, 0.6) is 11.5 Å². The first kappa shape index (κ1) is 17.0. The van der Waals surface area contributed by atoms with Gasteiger partial charge in [0.1, 0.15) is 0 Å². The number of halogens is 2. The smallest absolute Gasteiger partial charge is 0.254 e. The molecule has 1 saturated heterocycles. The summed E-state index contributed by atoms with van der Waals surface area (Å²) in [6.45, 7) is 4.04. The van der Waals surface area contributed by atoms with Gasteiger partial charge in [-0.15, -0.1) is 11.3 Å². The standard InChI is InChI=1S/C17H16Cl2N2O3S/c18-13-7-11(8-14-16(13)24-10-23-14)17(22)21-5-3-20(4-6-21)9-12-1-2-15(19)25-12/h1-2,7-8H,3-6,9-10H2. The molecule has 0 atom stereocenters. The number of ether oxygens (including phenoxy) is 2. The van der Waals surface area contributed by atoms with Gasteiger partial charge in [0.25, 0.3) is 5.91 Å². The Hall–Kier alpha value is -1.47. The van der Waals surface area contributed by atoms with Crippen molar-refractivity contribution in [1.82, 2.24) is 9.80 Å². The molecular weight excluding hydrogens is 383 g/mol. The number of thiophene rings is 1. The van der Waals surface area contributed by atoms with E-state index in [9.17, 15) is 4.79 Å². The molecule has 0 saturated carbocycles. The number of rotatable bonds is 3. The summed E-state index contributed by atoms with van der Waals surface area (Å²) >= 11 is 13.8. The molecule has 25 heavy (non-hydrogen) atoms. The highest BCUT2D eigenvalue weighted by molar-refractivity contribution is 7.16. The van der Waals surface area contributed by atoms with Crippen molar-refractivity contribution in [2.24, 2.45) is 0 Å². The Morgan fingerprint density at radius 1 is 1.12 bits per heavy atom. The van der Waals surface area contributed by atoms with Crippen molar-refractivity contribution < 1.29 is 14.3 Å². The summed E-state index contributed by atoms with van der Waals surface area (Å²) in [6.07, 6.45) is 0. The van der Waals surface area contributed by atoms with Gasteiger partial charge in [-0.05, 0) is 24.3 Å². The maximum absolute atomic E-state index is 12.8. The fourth-order valence-corrected chi connectivity index (χ4v) is 4.43. The maximum atomic E-state index is 12.8.